The number of hydrogen-bond donors (Lipinski definition) is 0. The number of halogens is 5. The summed E-state index contributed by atoms with van der Waals surface area (Å²) in [5, 5.41) is 1.94. The summed E-state index contributed by atoms with van der Waals surface area (Å²) in [6.45, 7) is 3.91. The Balaban J connectivity index is 1.58. The van der Waals surface area contributed by atoms with E-state index in [2.05, 4.69) is 9.64 Å². The number of benzene rings is 2. The van der Waals surface area contributed by atoms with Gasteiger partial charge in [0.25, 0.3) is 0 Å². The number of esters is 1. The van der Waals surface area contributed by atoms with Crippen molar-refractivity contribution in [2.24, 2.45) is 13.0 Å². The summed E-state index contributed by atoms with van der Waals surface area (Å²) in [4.78, 5) is 14.1. The minimum Gasteiger partial charge on any atom is -0.469 e. The highest BCUT2D eigenvalue weighted by Crippen LogP contribution is 2.36. The van der Waals surface area contributed by atoms with Gasteiger partial charge in [-0.05, 0) is 67.2 Å². The summed E-state index contributed by atoms with van der Waals surface area (Å²) in [7, 11) is 3.19. The number of hydrogen-bond acceptors (Lipinski definition) is 4. The minimum absolute atomic E-state index is 0.0702. The Morgan fingerprint density at radius 2 is 1.83 bits per heavy atom. The van der Waals surface area contributed by atoms with E-state index in [1.54, 1.807) is 18.5 Å². The molecule has 0 spiro atoms. The molecule has 1 aliphatic heterocycles. The number of fused-ring (bicyclic) bond motifs is 1. The van der Waals surface area contributed by atoms with E-state index >= 15 is 0 Å². The van der Waals surface area contributed by atoms with E-state index in [1.165, 1.54) is 19.2 Å². The van der Waals surface area contributed by atoms with Gasteiger partial charge in [-0.25, -0.2) is 0 Å². The second kappa shape index (κ2) is 10.5. The Kier molecular flexibility index (Phi) is 7.78. The number of carbonyl (C=O) groups excluding carboxylic acids is 1. The maximum atomic E-state index is 12.7. The number of rotatable bonds is 6. The molecule has 1 saturated heterocycles. The normalized spacial score (nSPS) is 15.4. The summed E-state index contributed by atoms with van der Waals surface area (Å²) < 4.78 is 49.0. The monoisotopic (exact) mass is 542 g/mol. The molecule has 1 aliphatic rings. The van der Waals surface area contributed by atoms with E-state index in [1.807, 2.05) is 18.3 Å². The van der Waals surface area contributed by atoms with Crippen molar-refractivity contribution in [3.63, 3.8) is 0 Å². The van der Waals surface area contributed by atoms with Crippen LogP contribution in [0.5, 0.6) is 5.75 Å². The average molecular weight is 543 g/mol. The van der Waals surface area contributed by atoms with Crippen molar-refractivity contribution in [1.29, 1.82) is 0 Å². The number of piperidine rings is 1. The van der Waals surface area contributed by atoms with Crippen molar-refractivity contribution in [2.45, 2.75) is 39.1 Å². The maximum Gasteiger partial charge on any atom is 0.573 e. The van der Waals surface area contributed by atoms with Crippen LogP contribution in [-0.2, 0) is 29.5 Å². The van der Waals surface area contributed by atoms with Crippen LogP contribution >= 0.6 is 23.2 Å². The molecule has 1 aromatic heterocycles. The molecule has 1 fully saturated rings. The third-order valence-corrected chi connectivity index (χ3v) is 7.55. The molecule has 5 nitrogen and oxygen atoms in total. The van der Waals surface area contributed by atoms with Gasteiger partial charge >= 0.3 is 12.3 Å². The summed E-state index contributed by atoms with van der Waals surface area (Å²) in [6, 6.07) is 6.51. The third-order valence-electron chi connectivity index (χ3n) is 6.72. The Labute approximate surface area is 217 Å². The number of carbonyl (C=O) groups is 1. The van der Waals surface area contributed by atoms with Gasteiger partial charge < -0.3 is 14.0 Å². The minimum atomic E-state index is -4.76. The lowest BCUT2D eigenvalue weighted by Crippen LogP contribution is -2.36. The predicted molar refractivity (Wildman–Crippen MR) is 134 cm³/mol. The number of methoxy groups -OCH3 is 1. The van der Waals surface area contributed by atoms with Crippen molar-refractivity contribution in [3.05, 3.63) is 62.8 Å². The van der Waals surface area contributed by atoms with Gasteiger partial charge in [0.2, 0.25) is 0 Å². The molecule has 2 aromatic carbocycles. The number of nitrogens with zero attached hydrogens (tertiary/aromatic N) is 2. The van der Waals surface area contributed by atoms with E-state index in [0.29, 0.717) is 34.1 Å². The number of aromatic nitrogens is 1. The lowest BCUT2D eigenvalue weighted by molar-refractivity contribution is -0.274. The van der Waals surface area contributed by atoms with Crippen LogP contribution < -0.4 is 4.74 Å². The Morgan fingerprint density at radius 3 is 2.47 bits per heavy atom. The average Bonchev–Trinajstić information content (AvgIpc) is 3.12. The first-order valence-electron chi connectivity index (χ1n) is 11.6. The highest BCUT2D eigenvalue weighted by Gasteiger charge is 2.31. The molecule has 10 heteroatoms. The Morgan fingerprint density at radius 1 is 1.14 bits per heavy atom. The molecular weight excluding hydrogens is 516 g/mol. The molecule has 0 atom stereocenters. The summed E-state index contributed by atoms with van der Waals surface area (Å²) in [5.41, 5.74) is 3.90. The first-order chi connectivity index (χ1) is 17.0. The van der Waals surface area contributed by atoms with Gasteiger partial charge in [-0.1, -0.05) is 29.3 Å². The van der Waals surface area contributed by atoms with Crippen LogP contribution in [0.4, 0.5) is 13.2 Å². The molecule has 0 unspecified atom stereocenters. The lowest BCUT2D eigenvalue weighted by Gasteiger charge is -2.31. The molecule has 0 aliphatic carbocycles. The van der Waals surface area contributed by atoms with Crippen molar-refractivity contribution in [3.8, 4) is 5.75 Å². The Bertz CT molecular complexity index is 1280. The first-order valence-corrected chi connectivity index (χ1v) is 12.3. The third kappa shape index (κ3) is 5.76. The van der Waals surface area contributed by atoms with Crippen molar-refractivity contribution >= 4 is 40.1 Å². The van der Waals surface area contributed by atoms with E-state index in [9.17, 15) is 18.0 Å². The lowest BCUT2D eigenvalue weighted by atomic mass is 9.96. The SMILES string of the molecule is COC(=O)C1CCN(Cc2ccc(Cl)c(Cc3cn(C)c4cc(OC(F)(F)F)cc(C)c34)c2Cl)CC1. The fraction of sp³-hybridized carbons (Fsp3) is 0.423. The van der Waals surface area contributed by atoms with E-state index < -0.39 is 6.36 Å². The predicted octanol–water partition coefficient (Wildman–Crippen LogP) is 6.67. The second-order valence-electron chi connectivity index (χ2n) is 9.20. The number of aryl methyl sites for hydroxylation is 2. The van der Waals surface area contributed by atoms with Gasteiger partial charge in [-0.15, -0.1) is 13.2 Å². The van der Waals surface area contributed by atoms with Gasteiger partial charge in [0.05, 0.1) is 23.6 Å². The number of alkyl halides is 3. The quantitative estimate of drug-likeness (QED) is 0.326. The zero-order chi connectivity index (χ0) is 26.2. The van der Waals surface area contributed by atoms with E-state index in [0.717, 1.165) is 48.0 Å². The number of likely N-dealkylation sites (tertiary alicyclic amines) is 1. The van der Waals surface area contributed by atoms with Crippen molar-refractivity contribution in [1.82, 2.24) is 9.47 Å². The second-order valence-corrected chi connectivity index (χ2v) is 9.98. The molecule has 4 rings (SSSR count). The number of ether oxygens (including phenoxy) is 2. The van der Waals surface area contributed by atoms with E-state index in [4.69, 9.17) is 27.9 Å². The Hall–Kier alpha value is -2.42. The summed E-state index contributed by atoms with van der Waals surface area (Å²) >= 11 is 13.4. The maximum absolute atomic E-state index is 12.7. The molecule has 194 valence electrons. The zero-order valence-corrected chi connectivity index (χ0v) is 21.7. The molecule has 0 radical (unpaired) electrons. The molecule has 2 heterocycles. The molecule has 0 N–H and O–H groups in total. The van der Waals surface area contributed by atoms with E-state index in [-0.39, 0.29) is 17.6 Å². The smallest absolute Gasteiger partial charge is 0.469 e. The van der Waals surface area contributed by atoms with Crippen LogP contribution in [0.15, 0.2) is 30.5 Å². The van der Waals surface area contributed by atoms with Crippen LogP contribution in [0.2, 0.25) is 10.0 Å². The van der Waals surface area contributed by atoms with Crippen LogP contribution in [0.25, 0.3) is 10.9 Å². The van der Waals surface area contributed by atoms with Gasteiger partial charge in [-0.2, -0.15) is 0 Å². The van der Waals surface area contributed by atoms with Crippen LogP contribution in [-0.4, -0.2) is 42.0 Å². The topological polar surface area (TPSA) is 43.7 Å². The summed E-state index contributed by atoms with van der Waals surface area (Å²) in [6.07, 6.45) is -0.982. The van der Waals surface area contributed by atoms with Crippen LogP contribution in [0, 0.1) is 12.8 Å². The van der Waals surface area contributed by atoms with Crippen molar-refractivity contribution in [2.75, 3.05) is 20.2 Å². The molecule has 0 bridgehead atoms. The fourth-order valence-corrected chi connectivity index (χ4v) is 5.55. The van der Waals surface area contributed by atoms with Crippen LogP contribution in [0.3, 0.4) is 0 Å². The molecule has 3 aromatic rings. The molecule has 0 amide bonds. The van der Waals surface area contributed by atoms with Gasteiger partial charge in [-0.3, -0.25) is 9.69 Å². The fourth-order valence-electron chi connectivity index (χ4n) is 4.98. The van der Waals surface area contributed by atoms with Gasteiger partial charge in [0.1, 0.15) is 5.75 Å². The standard InChI is InChI=1S/C26H27Cl2F3N2O3/c1-15-10-19(36-26(29,30)31)12-22-23(15)18(13-32(22)2)11-20-21(27)5-4-17(24(20)28)14-33-8-6-16(7-9-33)25(34)35-3/h4-5,10,12-13,16H,6-9,11,14H2,1-3H3. The zero-order valence-electron chi connectivity index (χ0n) is 20.2. The molecular formula is C26H27Cl2F3N2O3. The first kappa shape index (κ1) is 26.6. The molecule has 36 heavy (non-hydrogen) atoms. The highest BCUT2D eigenvalue weighted by atomic mass is 35.5. The highest BCUT2D eigenvalue weighted by molar-refractivity contribution is 6.36. The van der Waals surface area contributed by atoms with Crippen LogP contribution in [0.1, 0.15) is 35.1 Å². The van der Waals surface area contributed by atoms with Gasteiger partial charge in [0.15, 0.2) is 0 Å². The largest absolute Gasteiger partial charge is 0.573 e. The van der Waals surface area contributed by atoms with Crippen molar-refractivity contribution < 1.29 is 27.4 Å². The van der Waals surface area contributed by atoms with Gasteiger partial charge in [0, 0.05) is 42.7 Å². The molecule has 0 saturated carbocycles. The summed E-state index contributed by atoms with van der Waals surface area (Å²) in [5.74, 6) is -0.489.